The number of carboxylic acids is 1. The molecule has 0 unspecified atom stereocenters. The zero-order valence-corrected chi connectivity index (χ0v) is 12.5. The second-order valence-corrected chi connectivity index (χ2v) is 5.34. The van der Waals surface area contributed by atoms with Crippen molar-refractivity contribution in [1.82, 2.24) is 14.4 Å². The fourth-order valence-electron chi connectivity index (χ4n) is 2.86. The molecular formula is C16H17N3O3. The molecule has 0 aliphatic rings. The van der Waals surface area contributed by atoms with Crippen molar-refractivity contribution >= 4 is 22.5 Å². The highest BCUT2D eigenvalue weighted by molar-refractivity contribution is 5.92. The van der Waals surface area contributed by atoms with Crippen molar-refractivity contribution in [1.29, 1.82) is 0 Å². The fraction of sp³-hybridized carbons (Fsp3) is 0.312. The van der Waals surface area contributed by atoms with Gasteiger partial charge in [0.2, 0.25) is 0 Å². The summed E-state index contributed by atoms with van der Waals surface area (Å²) >= 11 is 0. The molecule has 0 saturated heterocycles. The van der Waals surface area contributed by atoms with E-state index >= 15 is 0 Å². The summed E-state index contributed by atoms with van der Waals surface area (Å²) in [5, 5.41) is 9.20. The minimum atomic E-state index is -0.995. The van der Waals surface area contributed by atoms with Crippen molar-refractivity contribution < 1.29 is 9.90 Å². The van der Waals surface area contributed by atoms with Gasteiger partial charge < -0.3 is 10.1 Å². The van der Waals surface area contributed by atoms with Gasteiger partial charge in [-0.05, 0) is 31.0 Å². The van der Waals surface area contributed by atoms with E-state index in [0.717, 1.165) is 18.7 Å². The third-order valence-corrected chi connectivity index (χ3v) is 4.11. The summed E-state index contributed by atoms with van der Waals surface area (Å²) in [6.45, 7) is 4.15. The van der Waals surface area contributed by atoms with E-state index in [2.05, 4.69) is 23.8 Å². The van der Waals surface area contributed by atoms with Crippen LogP contribution >= 0.6 is 0 Å². The lowest BCUT2D eigenvalue weighted by Gasteiger charge is -2.13. The maximum Gasteiger partial charge on any atom is 0.335 e. The van der Waals surface area contributed by atoms with Gasteiger partial charge in [-0.2, -0.15) is 0 Å². The van der Waals surface area contributed by atoms with Crippen molar-refractivity contribution in [3.63, 3.8) is 0 Å². The van der Waals surface area contributed by atoms with Crippen molar-refractivity contribution in [3.8, 4) is 0 Å². The number of aromatic carboxylic acids is 1. The lowest BCUT2D eigenvalue weighted by atomic mass is 10.0. The molecule has 0 aliphatic heterocycles. The Hall–Kier alpha value is -2.63. The predicted octanol–water partition coefficient (Wildman–Crippen LogP) is 2.78. The first kappa shape index (κ1) is 14.3. The number of nitrogens with one attached hydrogen (secondary N) is 1. The maximum absolute atomic E-state index is 12.2. The molecule has 0 spiro atoms. The van der Waals surface area contributed by atoms with E-state index < -0.39 is 5.97 Å². The average Bonchev–Trinajstić information content (AvgIpc) is 2.94. The summed E-state index contributed by atoms with van der Waals surface area (Å²) in [5.41, 5.74) is 1.67. The van der Waals surface area contributed by atoms with Crippen LogP contribution in [0.1, 0.15) is 48.8 Å². The second-order valence-electron chi connectivity index (χ2n) is 5.34. The molecule has 0 atom stereocenters. The molecule has 0 aliphatic carbocycles. The van der Waals surface area contributed by atoms with Gasteiger partial charge in [-0.3, -0.25) is 9.20 Å². The average molecular weight is 299 g/mol. The smallest absolute Gasteiger partial charge is 0.335 e. The zero-order valence-electron chi connectivity index (χ0n) is 12.5. The van der Waals surface area contributed by atoms with E-state index in [1.54, 1.807) is 22.7 Å². The number of H-pyrrole nitrogens is 1. The van der Waals surface area contributed by atoms with Crippen LogP contribution < -0.4 is 5.56 Å². The number of fused-ring (bicyclic) bond motifs is 3. The molecule has 2 aromatic heterocycles. The van der Waals surface area contributed by atoms with E-state index in [-0.39, 0.29) is 17.0 Å². The van der Waals surface area contributed by atoms with Crippen LogP contribution in [0.2, 0.25) is 0 Å². The van der Waals surface area contributed by atoms with E-state index in [0.29, 0.717) is 16.6 Å². The fourth-order valence-corrected chi connectivity index (χ4v) is 2.86. The molecule has 1 aromatic carbocycles. The van der Waals surface area contributed by atoms with Crippen molar-refractivity contribution in [2.75, 3.05) is 0 Å². The Bertz CT molecular complexity index is 919. The van der Waals surface area contributed by atoms with Gasteiger partial charge in [0, 0.05) is 5.92 Å². The molecule has 0 radical (unpaired) electrons. The molecule has 2 N–H and O–H groups in total. The number of nitrogens with zero attached hydrogens (tertiary/aromatic N) is 2. The van der Waals surface area contributed by atoms with Crippen LogP contribution in [0.3, 0.4) is 0 Å². The summed E-state index contributed by atoms with van der Waals surface area (Å²) in [7, 11) is 0. The predicted molar refractivity (Wildman–Crippen MR) is 83.6 cm³/mol. The first-order chi connectivity index (χ1) is 10.6. The maximum atomic E-state index is 12.2. The van der Waals surface area contributed by atoms with Crippen LogP contribution in [0.15, 0.2) is 29.2 Å². The summed E-state index contributed by atoms with van der Waals surface area (Å²) in [5.74, 6) is 0.0325. The van der Waals surface area contributed by atoms with Crippen molar-refractivity contribution in [3.05, 3.63) is 46.1 Å². The lowest BCUT2D eigenvalue weighted by molar-refractivity contribution is 0.0697. The topological polar surface area (TPSA) is 87.5 Å². The number of carbonyl (C=O) groups is 1. The SMILES string of the molecule is CCC(CC)c1ncc2c(=O)[nH]c3ccc(C(=O)O)cc3n12. The molecule has 3 aromatic rings. The largest absolute Gasteiger partial charge is 0.478 e. The number of carboxylic acid groups (broad SMARTS) is 1. The van der Waals surface area contributed by atoms with E-state index in [9.17, 15) is 14.7 Å². The third kappa shape index (κ3) is 2.07. The van der Waals surface area contributed by atoms with Crippen LogP contribution in [0.4, 0.5) is 0 Å². The standard InChI is InChI=1S/C16H17N3O3/c1-3-9(4-2)14-17-8-13-15(20)18-11-6-5-10(16(21)22)7-12(11)19(13)14/h5-9H,3-4H2,1-2H3,(H,18,20)(H,21,22). The molecule has 6 heteroatoms. The van der Waals surface area contributed by atoms with Gasteiger partial charge in [0.1, 0.15) is 11.3 Å². The van der Waals surface area contributed by atoms with Crippen LogP contribution in [0.5, 0.6) is 0 Å². The number of aromatic nitrogens is 3. The van der Waals surface area contributed by atoms with Gasteiger partial charge in [0.05, 0.1) is 22.8 Å². The van der Waals surface area contributed by atoms with Gasteiger partial charge in [0.15, 0.2) is 0 Å². The molecule has 0 amide bonds. The van der Waals surface area contributed by atoms with E-state index in [1.165, 1.54) is 6.07 Å². The summed E-state index contributed by atoms with van der Waals surface area (Å²) < 4.78 is 1.79. The number of rotatable bonds is 4. The van der Waals surface area contributed by atoms with Crippen LogP contribution in [-0.2, 0) is 0 Å². The zero-order chi connectivity index (χ0) is 15.9. The van der Waals surface area contributed by atoms with Crippen LogP contribution in [0.25, 0.3) is 16.6 Å². The molecule has 0 bridgehead atoms. The molecule has 3 rings (SSSR count). The van der Waals surface area contributed by atoms with Gasteiger partial charge in [0.25, 0.3) is 5.56 Å². The molecule has 114 valence electrons. The first-order valence-corrected chi connectivity index (χ1v) is 7.33. The van der Waals surface area contributed by atoms with Gasteiger partial charge in [-0.1, -0.05) is 13.8 Å². The lowest BCUT2D eigenvalue weighted by Crippen LogP contribution is -2.13. The minimum absolute atomic E-state index is 0.185. The second kappa shape index (κ2) is 5.29. The Morgan fingerprint density at radius 3 is 2.68 bits per heavy atom. The number of benzene rings is 1. The number of aromatic amines is 1. The molecule has 6 nitrogen and oxygen atoms in total. The Kier molecular flexibility index (Phi) is 3.44. The van der Waals surface area contributed by atoms with E-state index in [1.807, 2.05) is 0 Å². The van der Waals surface area contributed by atoms with Gasteiger partial charge in [-0.15, -0.1) is 0 Å². The molecule has 0 saturated carbocycles. The Labute approximate surface area is 126 Å². The van der Waals surface area contributed by atoms with Crippen molar-refractivity contribution in [2.45, 2.75) is 32.6 Å². The highest BCUT2D eigenvalue weighted by Gasteiger charge is 2.17. The number of imidazole rings is 1. The normalized spacial score (nSPS) is 11.6. The number of hydrogen-bond acceptors (Lipinski definition) is 3. The Morgan fingerprint density at radius 1 is 1.32 bits per heavy atom. The first-order valence-electron chi connectivity index (χ1n) is 7.33. The highest BCUT2D eigenvalue weighted by atomic mass is 16.4. The number of hydrogen-bond donors (Lipinski definition) is 2. The summed E-state index contributed by atoms with van der Waals surface area (Å²) in [4.78, 5) is 30.6. The quantitative estimate of drug-likeness (QED) is 0.775. The van der Waals surface area contributed by atoms with Crippen molar-refractivity contribution in [2.24, 2.45) is 0 Å². The van der Waals surface area contributed by atoms with Gasteiger partial charge >= 0.3 is 5.97 Å². The summed E-state index contributed by atoms with van der Waals surface area (Å²) in [6.07, 6.45) is 3.37. The Balaban J connectivity index is 2.45. The van der Waals surface area contributed by atoms with Crippen LogP contribution in [0, 0.1) is 0 Å². The monoisotopic (exact) mass is 299 g/mol. The Morgan fingerprint density at radius 2 is 2.05 bits per heavy atom. The molecular weight excluding hydrogens is 282 g/mol. The third-order valence-electron chi connectivity index (χ3n) is 4.11. The molecule has 0 fully saturated rings. The van der Waals surface area contributed by atoms with Gasteiger partial charge in [-0.25, -0.2) is 9.78 Å². The highest BCUT2D eigenvalue weighted by Crippen LogP contribution is 2.25. The minimum Gasteiger partial charge on any atom is -0.478 e. The molecule has 22 heavy (non-hydrogen) atoms. The van der Waals surface area contributed by atoms with E-state index in [4.69, 9.17) is 0 Å². The summed E-state index contributed by atoms with van der Waals surface area (Å²) in [6, 6.07) is 4.69. The molecule has 2 heterocycles. The van der Waals surface area contributed by atoms with Crippen LogP contribution in [-0.4, -0.2) is 25.4 Å².